The molecule has 18 heavy (non-hydrogen) atoms. The van der Waals surface area contributed by atoms with E-state index in [-0.39, 0.29) is 0 Å². The summed E-state index contributed by atoms with van der Waals surface area (Å²) in [6.45, 7) is 1.14. The summed E-state index contributed by atoms with van der Waals surface area (Å²) >= 11 is 1.75. The van der Waals surface area contributed by atoms with Gasteiger partial charge in [-0.25, -0.2) is 0 Å². The zero-order valence-electron chi connectivity index (χ0n) is 10.4. The highest BCUT2D eigenvalue weighted by Crippen LogP contribution is 2.13. The van der Waals surface area contributed by atoms with E-state index in [0.29, 0.717) is 13.2 Å². The zero-order chi connectivity index (χ0) is 12.6. The quantitative estimate of drug-likeness (QED) is 0.613. The predicted molar refractivity (Wildman–Crippen MR) is 74.0 cm³/mol. The third-order valence-electron chi connectivity index (χ3n) is 2.43. The largest absolute Gasteiger partial charge is 0.464 e. The molecule has 0 aliphatic heterocycles. The maximum Gasteiger partial charge on any atom is 0.120 e. The molecule has 0 radical (unpaired) electrons. The first kappa shape index (κ1) is 13.2. The van der Waals surface area contributed by atoms with E-state index in [1.54, 1.807) is 11.8 Å². The van der Waals surface area contributed by atoms with Crippen LogP contribution in [-0.2, 0) is 23.7 Å². The van der Waals surface area contributed by atoms with Crippen molar-refractivity contribution < 1.29 is 9.25 Å². The average molecular weight is 263 g/mol. The summed E-state index contributed by atoms with van der Waals surface area (Å²) in [5.74, 6) is 2.81. The van der Waals surface area contributed by atoms with Crippen molar-refractivity contribution >= 4 is 11.8 Å². The Balaban J connectivity index is 1.68. The van der Waals surface area contributed by atoms with Gasteiger partial charge in [0.2, 0.25) is 0 Å². The van der Waals surface area contributed by atoms with Crippen LogP contribution in [0.3, 0.4) is 0 Å². The lowest BCUT2D eigenvalue weighted by atomic mass is 10.2. The lowest BCUT2D eigenvalue weighted by molar-refractivity contribution is 0.0200. The fourth-order valence-corrected chi connectivity index (χ4v) is 2.01. The number of hydrogen-bond donors (Lipinski definition) is 1. The van der Waals surface area contributed by atoms with Gasteiger partial charge in [0.15, 0.2) is 0 Å². The molecule has 1 aromatic carbocycles. The molecule has 0 aliphatic rings. The maximum absolute atomic E-state index is 5.61. The SMILES string of the molecule is CSCc1ccc(CNOCc2ccccc2)o1. The van der Waals surface area contributed by atoms with Crippen molar-refractivity contribution in [3.63, 3.8) is 0 Å². The Kier molecular flexibility index (Phi) is 5.33. The van der Waals surface area contributed by atoms with Crippen LogP contribution in [0.4, 0.5) is 0 Å². The van der Waals surface area contributed by atoms with Crippen LogP contribution in [-0.4, -0.2) is 6.26 Å². The first-order valence-electron chi connectivity index (χ1n) is 5.83. The average Bonchev–Trinajstić information content (AvgIpc) is 2.84. The highest BCUT2D eigenvalue weighted by atomic mass is 32.2. The standard InChI is InChI=1S/C14H17NO2S/c1-18-11-14-8-7-13(17-14)9-15-16-10-12-5-3-2-4-6-12/h2-8,15H,9-11H2,1H3. The molecule has 0 saturated heterocycles. The van der Waals surface area contributed by atoms with E-state index >= 15 is 0 Å². The monoisotopic (exact) mass is 263 g/mol. The summed E-state index contributed by atoms with van der Waals surface area (Å²) in [6, 6.07) is 14.0. The van der Waals surface area contributed by atoms with Crippen LogP contribution in [0, 0.1) is 0 Å². The fraction of sp³-hybridized carbons (Fsp3) is 0.286. The molecule has 0 bridgehead atoms. The Bertz CT molecular complexity index is 456. The van der Waals surface area contributed by atoms with Gasteiger partial charge in [0, 0.05) is 0 Å². The van der Waals surface area contributed by atoms with E-state index in [1.807, 2.05) is 42.5 Å². The number of thioether (sulfide) groups is 1. The van der Waals surface area contributed by atoms with Gasteiger partial charge in [-0.1, -0.05) is 30.3 Å². The van der Waals surface area contributed by atoms with Crippen molar-refractivity contribution in [2.75, 3.05) is 6.26 Å². The van der Waals surface area contributed by atoms with Crippen molar-refractivity contribution in [2.24, 2.45) is 0 Å². The van der Waals surface area contributed by atoms with Crippen LogP contribution in [0.1, 0.15) is 17.1 Å². The van der Waals surface area contributed by atoms with E-state index in [0.717, 1.165) is 22.8 Å². The minimum absolute atomic E-state index is 0.555. The topological polar surface area (TPSA) is 34.4 Å². The number of benzene rings is 1. The maximum atomic E-state index is 5.61. The van der Waals surface area contributed by atoms with E-state index in [2.05, 4.69) is 11.7 Å². The van der Waals surface area contributed by atoms with Gasteiger partial charge in [-0.05, 0) is 24.0 Å². The molecule has 2 rings (SSSR count). The molecule has 0 aliphatic carbocycles. The molecule has 0 fully saturated rings. The van der Waals surface area contributed by atoms with E-state index < -0.39 is 0 Å². The van der Waals surface area contributed by atoms with E-state index in [4.69, 9.17) is 9.25 Å². The molecule has 1 aromatic heterocycles. The molecule has 2 aromatic rings. The number of rotatable bonds is 7. The second-order valence-corrected chi connectivity index (χ2v) is 4.76. The van der Waals surface area contributed by atoms with E-state index in [9.17, 15) is 0 Å². The molecule has 0 amide bonds. The summed E-state index contributed by atoms with van der Waals surface area (Å²) in [5, 5.41) is 0. The van der Waals surface area contributed by atoms with Gasteiger partial charge in [-0.3, -0.25) is 4.84 Å². The van der Waals surface area contributed by atoms with Crippen LogP contribution in [0.15, 0.2) is 46.9 Å². The first-order valence-corrected chi connectivity index (χ1v) is 7.23. The van der Waals surface area contributed by atoms with Gasteiger partial charge in [-0.15, -0.1) is 0 Å². The van der Waals surface area contributed by atoms with E-state index in [1.165, 1.54) is 0 Å². The summed E-state index contributed by atoms with van der Waals surface area (Å²) in [7, 11) is 0. The Morgan fingerprint density at radius 2 is 1.89 bits per heavy atom. The van der Waals surface area contributed by atoms with Crippen molar-refractivity contribution in [2.45, 2.75) is 18.9 Å². The van der Waals surface area contributed by atoms with Gasteiger partial charge in [-0.2, -0.15) is 17.2 Å². The normalized spacial score (nSPS) is 10.7. The summed E-state index contributed by atoms with van der Waals surface area (Å²) in [5.41, 5.74) is 4.05. The number of hydroxylamine groups is 1. The molecular formula is C14H17NO2S. The Morgan fingerprint density at radius 1 is 1.11 bits per heavy atom. The Labute approximate surface area is 111 Å². The lowest BCUT2D eigenvalue weighted by Crippen LogP contribution is -2.13. The summed E-state index contributed by atoms with van der Waals surface area (Å²) in [6.07, 6.45) is 2.06. The number of nitrogens with one attached hydrogen (secondary N) is 1. The molecule has 0 unspecified atom stereocenters. The lowest BCUT2D eigenvalue weighted by Gasteiger charge is -2.04. The van der Waals surface area contributed by atoms with Crippen LogP contribution < -0.4 is 5.48 Å². The molecular weight excluding hydrogens is 246 g/mol. The van der Waals surface area contributed by atoms with Crippen molar-refractivity contribution in [1.29, 1.82) is 0 Å². The molecule has 1 N–H and O–H groups in total. The second kappa shape index (κ2) is 7.26. The van der Waals surface area contributed by atoms with Crippen molar-refractivity contribution in [3.05, 3.63) is 59.5 Å². The summed E-state index contributed by atoms with van der Waals surface area (Å²) < 4.78 is 5.61. The van der Waals surface area contributed by atoms with Gasteiger partial charge in [0.1, 0.15) is 11.5 Å². The Hall–Kier alpha value is -1.23. The van der Waals surface area contributed by atoms with Gasteiger partial charge < -0.3 is 4.42 Å². The van der Waals surface area contributed by atoms with Gasteiger partial charge >= 0.3 is 0 Å². The predicted octanol–water partition coefficient (Wildman–Crippen LogP) is 3.36. The van der Waals surface area contributed by atoms with Crippen molar-refractivity contribution in [1.82, 2.24) is 5.48 Å². The third-order valence-corrected chi connectivity index (χ3v) is 3.01. The van der Waals surface area contributed by atoms with Gasteiger partial charge in [0.25, 0.3) is 0 Å². The summed E-state index contributed by atoms with van der Waals surface area (Å²) in [4.78, 5) is 5.38. The number of hydrogen-bond acceptors (Lipinski definition) is 4. The molecule has 0 saturated carbocycles. The zero-order valence-corrected chi connectivity index (χ0v) is 11.2. The smallest absolute Gasteiger partial charge is 0.120 e. The molecule has 96 valence electrons. The molecule has 3 nitrogen and oxygen atoms in total. The second-order valence-electron chi connectivity index (χ2n) is 3.90. The van der Waals surface area contributed by atoms with Crippen LogP contribution in [0.25, 0.3) is 0 Å². The molecule has 0 atom stereocenters. The highest BCUT2D eigenvalue weighted by Gasteiger charge is 2.01. The van der Waals surface area contributed by atoms with Crippen LogP contribution in [0.2, 0.25) is 0 Å². The Morgan fingerprint density at radius 3 is 2.67 bits per heavy atom. The molecule has 0 spiro atoms. The third kappa shape index (κ3) is 4.22. The van der Waals surface area contributed by atoms with Crippen LogP contribution in [0.5, 0.6) is 0 Å². The minimum atomic E-state index is 0.555. The van der Waals surface area contributed by atoms with Crippen molar-refractivity contribution in [3.8, 4) is 0 Å². The number of furan rings is 1. The van der Waals surface area contributed by atoms with Crippen LogP contribution >= 0.6 is 11.8 Å². The van der Waals surface area contributed by atoms with Gasteiger partial charge in [0.05, 0.1) is 18.9 Å². The fourth-order valence-electron chi connectivity index (χ4n) is 1.57. The molecule has 1 heterocycles. The minimum Gasteiger partial charge on any atom is -0.464 e. The first-order chi connectivity index (χ1) is 8.88. The molecule has 4 heteroatoms. The highest BCUT2D eigenvalue weighted by molar-refractivity contribution is 7.97.